The van der Waals surface area contributed by atoms with Crippen molar-refractivity contribution in [2.45, 2.75) is 52.4 Å². The Labute approximate surface area is 137 Å². The lowest BCUT2D eigenvalue weighted by atomic mass is 10.0. The Hall–Kier alpha value is -1.60. The Morgan fingerprint density at radius 2 is 2.13 bits per heavy atom. The monoisotopic (exact) mass is 325 g/mol. The van der Waals surface area contributed by atoms with Crippen LogP contribution in [-0.2, 0) is 14.3 Å². The van der Waals surface area contributed by atoms with E-state index in [-0.39, 0.29) is 29.7 Å². The quantitative estimate of drug-likeness (QED) is 0.754. The van der Waals surface area contributed by atoms with E-state index in [2.05, 4.69) is 15.5 Å². The molecular formula is C16H27N3O4. The summed E-state index contributed by atoms with van der Waals surface area (Å²) in [6, 6.07) is -0.662. The summed E-state index contributed by atoms with van der Waals surface area (Å²) in [5, 5.41) is 5.48. The second-order valence-electron chi connectivity index (χ2n) is 6.79. The fraction of sp³-hybridized carbons (Fsp3) is 0.750. The highest BCUT2D eigenvalue weighted by Gasteiger charge is 2.35. The van der Waals surface area contributed by atoms with Crippen LogP contribution < -0.4 is 10.6 Å². The van der Waals surface area contributed by atoms with E-state index in [0.29, 0.717) is 24.4 Å². The van der Waals surface area contributed by atoms with Crippen LogP contribution in [0.4, 0.5) is 4.79 Å². The van der Waals surface area contributed by atoms with Gasteiger partial charge < -0.3 is 20.1 Å². The van der Waals surface area contributed by atoms with Crippen LogP contribution in [0.25, 0.3) is 0 Å². The van der Waals surface area contributed by atoms with Crippen LogP contribution in [0.3, 0.4) is 0 Å². The predicted octanol–water partition coefficient (Wildman–Crippen LogP) is 1.00. The molecule has 2 N–H and O–H groups in total. The van der Waals surface area contributed by atoms with Crippen LogP contribution in [0.1, 0.15) is 34.6 Å². The third-order valence-electron chi connectivity index (χ3n) is 3.89. The Kier molecular flexibility index (Phi) is 5.31. The van der Waals surface area contributed by atoms with Crippen LogP contribution in [0, 0.1) is 0 Å². The maximum absolute atomic E-state index is 12.2. The van der Waals surface area contributed by atoms with Gasteiger partial charge in [-0.2, -0.15) is 0 Å². The third-order valence-corrected chi connectivity index (χ3v) is 3.89. The largest absolute Gasteiger partial charge is 0.463 e. The van der Waals surface area contributed by atoms with E-state index in [1.165, 1.54) is 0 Å². The number of ether oxygens (including phenoxy) is 2. The molecule has 2 atom stereocenters. The van der Waals surface area contributed by atoms with Crippen molar-refractivity contribution >= 4 is 12.0 Å². The van der Waals surface area contributed by atoms with Gasteiger partial charge in [-0.3, -0.25) is 4.90 Å². The van der Waals surface area contributed by atoms with Gasteiger partial charge in [0, 0.05) is 25.3 Å². The van der Waals surface area contributed by atoms with E-state index in [4.69, 9.17) is 9.47 Å². The van der Waals surface area contributed by atoms with Crippen LogP contribution in [0.15, 0.2) is 11.3 Å². The van der Waals surface area contributed by atoms with Gasteiger partial charge in [-0.15, -0.1) is 0 Å². The number of esters is 1. The molecule has 23 heavy (non-hydrogen) atoms. The first-order valence-corrected chi connectivity index (χ1v) is 8.09. The molecule has 0 aliphatic carbocycles. The Morgan fingerprint density at radius 3 is 2.74 bits per heavy atom. The highest BCUT2D eigenvalue weighted by Crippen LogP contribution is 2.23. The van der Waals surface area contributed by atoms with Gasteiger partial charge in [0.1, 0.15) is 0 Å². The molecule has 0 spiro atoms. The molecule has 130 valence electrons. The number of hydrogen-bond acceptors (Lipinski definition) is 5. The van der Waals surface area contributed by atoms with E-state index >= 15 is 0 Å². The summed E-state index contributed by atoms with van der Waals surface area (Å²) in [6.07, 6.45) is 0.0974. The number of rotatable bonds is 4. The lowest BCUT2D eigenvalue weighted by molar-refractivity contribution is -0.139. The maximum Gasteiger partial charge on any atom is 0.337 e. The molecule has 0 radical (unpaired) electrons. The molecule has 1 fully saturated rings. The summed E-state index contributed by atoms with van der Waals surface area (Å²) >= 11 is 0. The smallest absolute Gasteiger partial charge is 0.337 e. The van der Waals surface area contributed by atoms with Crippen molar-refractivity contribution < 1.29 is 19.1 Å². The number of carbonyl (C=O) groups is 2. The van der Waals surface area contributed by atoms with Crippen molar-refractivity contribution in [1.29, 1.82) is 0 Å². The standard InChI is InChI=1S/C16H27N3O4/c1-6-22-14(20)13-11(3)17-15(21)18-12(13)8-19-7-10(2)23-16(4,5)9-19/h10-11H,6-9H2,1-5H3,(H2,17,18,21)/t10-,11-/m1/s1. The molecule has 2 heterocycles. The molecule has 2 rings (SSSR count). The minimum absolute atomic E-state index is 0.0974. The molecule has 0 saturated carbocycles. The lowest BCUT2D eigenvalue weighted by Gasteiger charge is -2.42. The van der Waals surface area contributed by atoms with Gasteiger partial charge in [-0.05, 0) is 34.6 Å². The zero-order valence-corrected chi connectivity index (χ0v) is 14.6. The minimum Gasteiger partial charge on any atom is -0.463 e. The Bertz CT molecular complexity index is 515. The van der Waals surface area contributed by atoms with Crippen molar-refractivity contribution in [3.63, 3.8) is 0 Å². The van der Waals surface area contributed by atoms with Gasteiger partial charge in [-0.1, -0.05) is 0 Å². The molecule has 2 aliphatic heterocycles. The van der Waals surface area contributed by atoms with Crippen molar-refractivity contribution in [1.82, 2.24) is 15.5 Å². The molecule has 0 bridgehead atoms. The predicted molar refractivity (Wildman–Crippen MR) is 85.9 cm³/mol. The second kappa shape index (κ2) is 6.88. The van der Waals surface area contributed by atoms with Crippen molar-refractivity contribution in [3.05, 3.63) is 11.3 Å². The summed E-state index contributed by atoms with van der Waals surface area (Å²) in [4.78, 5) is 26.2. The van der Waals surface area contributed by atoms with Crippen molar-refractivity contribution in [2.24, 2.45) is 0 Å². The number of morpholine rings is 1. The number of nitrogens with one attached hydrogen (secondary N) is 2. The van der Waals surface area contributed by atoms with E-state index in [1.54, 1.807) is 13.8 Å². The zero-order valence-electron chi connectivity index (χ0n) is 14.6. The van der Waals surface area contributed by atoms with Crippen LogP contribution >= 0.6 is 0 Å². The average Bonchev–Trinajstić information content (AvgIpc) is 2.35. The molecule has 0 aromatic carbocycles. The molecule has 2 aliphatic rings. The highest BCUT2D eigenvalue weighted by molar-refractivity contribution is 5.94. The van der Waals surface area contributed by atoms with Crippen molar-refractivity contribution in [3.8, 4) is 0 Å². The lowest BCUT2D eigenvalue weighted by Crippen LogP contribution is -2.55. The molecular weight excluding hydrogens is 298 g/mol. The van der Waals surface area contributed by atoms with Gasteiger partial charge in [0.2, 0.25) is 0 Å². The molecule has 0 unspecified atom stereocenters. The molecule has 1 saturated heterocycles. The second-order valence-corrected chi connectivity index (χ2v) is 6.79. The third kappa shape index (κ3) is 4.45. The topological polar surface area (TPSA) is 79.9 Å². The summed E-state index contributed by atoms with van der Waals surface area (Å²) in [5.41, 5.74) is 0.846. The summed E-state index contributed by atoms with van der Waals surface area (Å²) in [6.45, 7) is 11.9. The number of amides is 2. The van der Waals surface area contributed by atoms with Gasteiger partial charge in [0.05, 0.1) is 29.9 Å². The number of carbonyl (C=O) groups excluding carboxylic acids is 2. The average molecular weight is 325 g/mol. The van der Waals surface area contributed by atoms with E-state index < -0.39 is 0 Å². The first-order chi connectivity index (χ1) is 10.7. The SMILES string of the molecule is CCOC(=O)C1=C(CN2C[C@@H](C)OC(C)(C)C2)NC(=O)N[C@@H]1C. The van der Waals surface area contributed by atoms with Crippen molar-refractivity contribution in [2.75, 3.05) is 26.2 Å². The van der Waals surface area contributed by atoms with Crippen LogP contribution in [-0.4, -0.2) is 60.9 Å². The maximum atomic E-state index is 12.2. The summed E-state index contributed by atoms with van der Waals surface area (Å²) in [7, 11) is 0. The number of nitrogens with zero attached hydrogens (tertiary/aromatic N) is 1. The molecule has 7 nitrogen and oxygen atoms in total. The highest BCUT2D eigenvalue weighted by atomic mass is 16.5. The number of hydrogen-bond donors (Lipinski definition) is 2. The minimum atomic E-state index is -0.386. The first kappa shape index (κ1) is 17.7. The first-order valence-electron chi connectivity index (χ1n) is 8.09. The van der Waals surface area contributed by atoms with E-state index in [0.717, 1.165) is 13.1 Å². The van der Waals surface area contributed by atoms with E-state index in [1.807, 2.05) is 20.8 Å². The number of urea groups is 1. The summed E-state index contributed by atoms with van der Waals surface area (Å²) in [5.74, 6) is -0.386. The van der Waals surface area contributed by atoms with Gasteiger partial charge in [0.15, 0.2) is 0 Å². The zero-order chi connectivity index (χ0) is 17.2. The molecule has 2 amide bonds. The van der Waals surface area contributed by atoms with E-state index in [9.17, 15) is 9.59 Å². The summed E-state index contributed by atoms with van der Waals surface area (Å²) < 4.78 is 11.0. The van der Waals surface area contributed by atoms with Gasteiger partial charge in [-0.25, -0.2) is 9.59 Å². The van der Waals surface area contributed by atoms with Gasteiger partial charge in [0.25, 0.3) is 0 Å². The van der Waals surface area contributed by atoms with Crippen LogP contribution in [0.2, 0.25) is 0 Å². The normalized spacial score (nSPS) is 28.1. The molecule has 0 aromatic rings. The Balaban J connectivity index is 2.23. The Morgan fingerprint density at radius 1 is 1.43 bits per heavy atom. The molecule has 0 aromatic heterocycles. The fourth-order valence-corrected chi connectivity index (χ4v) is 3.33. The fourth-order valence-electron chi connectivity index (χ4n) is 3.33. The molecule has 7 heteroatoms. The van der Waals surface area contributed by atoms with Crippen LogP contribution in [0.5, 0.6) is 0 Å². The van der Waals surface area contributed by atoms with Gasteiger partial charge >= 0.3 is 12.0 Å².